The monoisotopic (exact) mass is 320 g/mol. The molecule has 1 unspecified atom stereocenters. The quantitative estimate of drug-likeness (QED) is 0.905. The molecule has 3 N–H and O–H groups in total. The molecule has 108 valence electrons. The number of rotatable bonds is 3. The van der Waals surface area contributed by atoms with E-state index in [-0.39, 0.29) is 0 Å². The molecule has 0 radical (unpaired) electrons. The second-order valence-corrected chi connectivity index (χ2v) is 6.02. The first-order valence-electron chi connectivity index (χ1n) is 6.64. The topological polar surface area (TPSA) is 55.1 Å². The van der Waals surface area contributed by atoms with E-state index >= 15 is 0 Å². The number of halogens is 2. The van der Waals surface area contributed by atoms with Crippen LogP contribution in [0.5, 0.6) is 0 Å². The second-order valence-electron chi connectivity index (χ2n) is 5.18. The van der Waals surface area contributed by atoms with Crippen molar-refractivity contribution in [1.82, 2.24) is 0 Å². The predicted molar refractivity (Wildman–Crippen MR) is 85.7 cm³/mol. The molecule has 0 fully saturated rings. The number of carbonyl (C=O) groups excluding carboxylic acids is 1. The Kier molecular flexibility index (Phi) is 3.56. The molecule has 3 rings (SSSR count). The number of hydrogen-bond donors (Lipinski definition) is 2. The van der Waals surface area contributed by atoms with E-state index in [9.17, 15) is 4.79 Å². The van der Waals surface area contributed by atoms with Crippen LogP contribution in [0.4, 0.5) is 5.69 Å². The Bertz CT molecular complexity index is 717. The summed E-state index contributed by atoms with van der Waals surface area (Å²) in [6, 6.07) is 12.8. The normalized spacial score (nSPS) is 20.1. The highest BCUT2D eigenvalue weighted by molar-refractivity contribution is 6.33. The maximum Gasteiger partial charge on any atom is 0.247 e. The van der Waals surface area contributed by atoms with Gasteiger partial charge in [0.05, 0.1) is 10.7 Å². The molecule has 0 aromatic heterocycles. The van der Waals surface area contributed by atoms with Crippen LogP contribution in [-0.2, 0) is 16.8 Å². The summed E-state index contributed by atoms with van der Waals surface area (Å²) >= 11 is 12.2. The largest absolute Gasteiger partial charge is 0.367 e. The molecular formula is C16H14Cl2N2O. The third-order valence-corrected chi connectivity index (χ3v) is 4.50. The number of fused-ring (bicyclic) bond motifs is 1. The molecule has 0 saturated carbocycles. The fraction of sp³-hybridized carbons (Fsp3) is 0.188. The number of primary amides is 1. The molecule has 0 bridgehead atoms. The number of anilines is 1. The number of para-hydroxylation sites is 1. The van der Waals surface area contributed by atoms with Crippen molar-refractivity contribution in [3.05, 3.63) is 63.6 Å². The van der Waals surface area contributed by atoms with E-state index in [1.807, 2.05) is 30.3 Å². The first-order chi connectivity index (χ1) is 10.0. The fourth-order valence-corrected chi connectivity index (χ4v) is 3.26. The lowest BCUT2D eigenvalue weighted by molar-refractivity contribution is -0.122. The summed E-state index contributed by atoms with van der Waals surface area (Å²) in [5, 5.41) is 4.46. The fourth-order valence-electron chi connectivity index (χ4n) is 2.88. The highest BCUT2D eigenvalue weighted by atomic mass is 35.5. The van der Waals surface area contributed by atoms with Crippen LogP contribution in [-0.4, -0.2) is 5.91 Å². The van der Waals surface area contributed by atoms with Crippen LogP contribution < -0.4 is 11.1 Å². The van der Waals surface area contributed by atoms with Crippen LogP contribution in [0, 0.1) is 0 Å². The van der Waals surface area contributed by atoms with E-state index in [0.717, 1.165) is 17.5 Å². The van der Waals surface area contributed by atoms with Gasteiger partial charge in [0, 0.05) is 5.02 Å². The van der Waals surface area contributed by atoms with Crippen molar-refractivity contribution in [2.75, 3.05) is 5.32 Å². The number of nitrogens with two attached hydrogens (primary N) is 1. The zero-order valence-corrected chi connectivity index (χ0v) is 12.7. The van der Waals surface area contributed by atoms with Crippen molar-refractivity contribution in [2.45, 2.75) is 18.4 Å². The molecule has 0 heterocycles. The molecule has 0 aliphatic heterocycles. The van der Waals surface area contributed by atoms with Gasteiger partial charge in [-0.3, -0.25) is 4.79 Å². The van der Waals surface area contributed by atoms with Crippen molar-refractivity contribution >= 4 is 34.8 Å². The Balaban J connectivity index is 2.08. The second kappa shape index (κ2) is 5.24. The minimum absolute atomic E-state index is 0.413. The van der Waals surface area contributed by atoms with Crippen molar-refractivity contribution < 1.29 is 4.79 Å². The molecule has 2 aromatic carbocycles. The van der Waals surface area contributed by atoms with Crippen LogP contribution in [0.2, 0.25) is 10.0 Å². The molecular weight excluding hydrogens is 307 g/mol. The van der Waals surface area contributed by atoms with E-state index in [1.54, 1.807) is 12.1 Å². The van der Waals surface area contributed by atoms with Gasteiger partial charge in [0.1, 0.15) is 5.54 Å². The van der Waals surface area contributed by atoms with E-state index in [0.29, 0.717) is 22.2 Å². The number of carbonyl (C=O) groups is 1. The van der Waals surface area contributed by atoms with E-state index in [1.165, 1.54) is 0 Å². The number of hydrogen-bond acceptors (Lipinski definition) is 2. The van der Waals surface area contributed by atoms with Gasteiger partial charge in [-0.25, -0.2) is 0 Å². The van der Waals surface area contributed by atoms with Crippen LogP contribution >= 0.6 is 23.2 Å². The Labute approximate surface area is 133 Å². The highest BCUT2D eigenvalue weighted by Crippen LogP contribution is 2.41. The first-order valence-corrected chi connectivity index (χ1v) is 7.40. The molecule has 5 heteroatoms. The number of aryl methyl sites for hydroxylation is 1. The Morgan fingerprint density at radius 1 is 1.19 bits per heavy atom. The summed E-state index contributed by atoms with van der Waals surface area (Å²) in [6.07, 6.45) is 1.33. The minimum Gasteiger partial charge on any atom is -0.367 e. The Morgan fingerprint density at radius 3 is 2.67 bits per heavy atom. The zero-order chi connectivity index (χ0) is 15.0. The molecule has 0 saturated heterocycles. The first kappa shape index (κ1) is 14.2. The summed E-state index contributed by atoms with van der Waals surface area (Å²) in [4.78, 5) is 12.2. The van der Waals surface area contributed by atoms with E-state index in [2.05, 4.69) is 5.32 Å². The van der Waals surface area contributed by atoms with E-state index in [4.69, 9.17) is 28.9 Å². The predicted octanol–water partition coefficient (Wildman–Crippen LogP) is 3.73. The average molecular weight is 321 g/mol. The van der Waals surface area contributed by atoms with Crippen LogP contribution in [0.25, 0.3) is 0 Å². The van der Waals surface area contributed by atoms with Crippen molar-refractivity contribution in [3.8, 4) is 0 Å². The molecule has 0 spiro atoms. The molecule has 21 heavy (non-hydrogen) atoms. The van der Waals surface area contributed by atoms with Gasteiger partial charge < -0.3 is 11.1 Å². The molecule has 2 aromatic rings. The van der Waals surface area contributed by atoms with E-state index < -0.39 is 11.4 Å². The summed E-state index contributed by atoms with van der Waals surface area (Å²) in [7, 11) is 0. The van der Waals surface area contributed by atoms with Gasteiger partial charge in [0.25, 0.3) is 0 Å². The molecule has 1 aliphatic rings. The van der Waals surface area contributed by atoms with Gasteiger partial charge in [-0.2, -0.15) is 0 Å². The maximum absolute atomic E-state index is 12.2. The number of amides is 1. The van der Waals surface area contributed by atoms with Crippen molar-refractivity contribution in [2.24, 2.45) is 5.73 Å². The van der Waals surface area contributed by atoms with Gasteiger partial charge >= 0.3 is 0 Å². The molecule has 1 amide bonds. The Morgan fingerprint density at radius 2 is 1.95 bits per heavy atom. The zero-order valence-electron chi connectivity index (χ0n) is 11.2. The third kappa shape index (κ3) is 2.37. The van der Waals surface area contributed by atoms with Crippen LogP contribution in [0.1, 0.15) is 17.5 Å². The van der Waals surface area contributed by atoms with Gasteiger partial charge in [-0.05, 0) is 48.2 Å². The minimum atomic E-state index is -0.940. The van der Waals surface area contributed by atoms with Gasteiger partial charge in [-0.15, -0.1) is 0 Å². The number of nitrogens with one attached hydrogen (secondary N) is 1. The molecule has 3 nitrogen and oxygen atoms in total. The smallest absolute Gasteiger partial charge is 0.247 e. The lowest BCUT2D eigenvalue weighted by atomic mass is 9.90. The molecule has 1 atom stereocenters. The lowest BCUT2D eigenvalue weighted by Crippen LogP contribution is -2.46. The average Bonchev–Trinajstić information content (AvgIpc) is 2.81. The summed E-state index contributed by atoms with van der Waals surface area (Å²) in [5.74, 6) is -0.413. The SMILES string of the molecule is NC(=O)C1(Nc2ccccc2Cl)CCc2cc(Cl)ccc21. The third-order valence-electron chi connectivity index (χ3n) is 3.94. The Hall–Kier alpha value is -1.71. The summed E-state index contributed by atoms with van der Waals surface area (Å²) in [5.41, 5.74) is 7.38. The van der Waals surface area contributed by atoms with Crippen molar-refractivity contribution in [3.63, 3.8) is 0 Å². The lowest BCUT2D eigenvalue weighted by Gasteiger charge is -2.30. The maximum atomic E-state index is 12.2. The summed E-state index contributed by atoms with van der Waals surface area (Å²) < 4.78 is 0. The van der Waals surface area contributed by atoms with Gasteiger partial charge in [0.15, 0.2) is 0 Å². The van der Waals surface area contributed by atoms with Gasteiger partial charge in [0.2, 0.25) is 5.91 Å². The summed E-state index contributed by atoms with van der Waals surface area (Å²) in [6.45, 7) is 0. The highest BCUT2D eigenvalue weighted by Gasteiger charge is 2.44. The van der Waals surface area contributed by atoms with Crippen LogP contribution in [0.15, 0.2) is 42.5 Å². The number of benzene rings is 2. The molecule has 1 aliphatic carbocycles. The standard InChI is InChI=1S/C16H14Cl2N2O/c17-11-5-6-12-10(9-11)7-8-16(12,15(19)21)20-14-4-2-1-3-13(14)18/h1-6,9,20H,7-8H2,(H2,19,21). The van der Waals surface area contributed by atoms with Gasteiger partial charge in [-0.1, -0.05) is 41.4 Å². The van der Waals surface area contributed by atoms with Crippen molar-refractivity contribution in [1.29, 1.82) is 0 Å². The van der Waals surface area contributed by atoms with Crippen LogP contribution in [0.3, 0.4) is 0 Å².